The molecule has 0 radical (unpaired) electrons. The van der Waals surface area contributed by atoms with Gasteiger partial charge in [-0.05, 0) is 55.3 Å². The van der Waals surface area contributed by atoms with Crippen LogP contribution in [0, 0.1) is 6.92 Å². The number of phenolic OH excluding ortho intramolecular Hbond substituents is 1. The van der Waals surface area contributed by atoms with Gasteiger partial charge in [0.2, 0.25) is 5.91 Å². The molecule has 0 saturated carbocycles. The summed E-state index contributed by atoms with van der Waals surface area (Å²) in [5.74, 6) is -1.32. The van der Waals surface area contributed by atoms with Crippen molar-refractivity contribution in [3.8, 4) is 5.75 Å². The van der Waals surface area contributed by atoms with Crippen molar-refractivity contribution in [3.63, 3.8) is 0 Å². The summed E-state index contributed by atoms with van der Waals surface area (Å²) in [7, 11) is 0. The maximum Gasteiger partial charge on any atom is 0.262 e. The summed E-state index contributed by atoms with van der Waals surface area (Å²) in [6.07, 6.45) is 0.478. The van der Waals surface area contributed by atoms with Gasteiger partial charge in [0.1, 0.15) is 5.75 Å². The molecule has 3 rings (SSSR count). The molecular formula is C20H18Cl2N2O3. The zero-order valence-electron chi connectivity index (χ0n) is 14.8. The lowest BCUT2D eigenvalue weighted by atomic mass is 9.93. The van der Waals surface area contributed by atoms with Crippen molar-refractivity contribution < 1.29 is 14.7 Å². The molecule has 2 aromatic carbocycles. The van der Waals surface area contributed by atoms with Gasteiger partial charge < -0.3 is 10.8 Å². The predicted molar refractivity (Wildman–Crippen MR) is 107 cm³/mol. The highest BCUT2D eigenvalue weighted by Gasteiger charge is 2.27. The van der Waals surface area contributed by atoms with Crippen molar-refractivity contribution in [1.29, 1.82) is 0 Å². The quantitative estimate of drug-likeness (QED) is 0.664. The zero-order chi connectivity index (χ0) is 19.9. The van der Waals surface area contributed by atoms with Crippen LogP contribution in [0.25, 0.3) is 10.9 Å². The normalized spacial score (nSPS) is 12.3. The van der Waals surface area contributed by atoms with Gasteiger partial charge in [0, 0.05) is 16.6 Å². The second-order valence-corrected chi connectivity index (χ2v) is 7.15. The van der Waals surface area contributed by atoms with E-state index in [0.717, 1.165) is 0 Å². The number of carbonyl (C=O) groups is 2. The first-order valence-electron chi connectivity index (χ1n) is 8.39. The van der Waals surface area contributed by atoms with Crippen LogP contribution in [0.2, 0.25) is 10.0 Å². The van der Waals surface area contributed by atoms with Crippen LogP contribution in [0.15, 0.2) is 36.4 Å². The van der Waals surface area contributed by atoms with Crippen LogP contribution in [0.1, 0.15) is 40.9 Å². The molecule has 1 heterocycles. The van der Waals surface area contributed by atoms with E-state index in [1.165, 1.54) is 16.7 Å². The van der Waals surface area contributed by atoms with Gasteiger partial charge in [0.25, 0.3) is 5.91 Å². The van der Waals surface area contributed by atoms with Crippen LogP contribution in [-0.2, 0) is 4.79 Å². The first-order chi connectivity index (χ1) is 12.8. The van der Waals surface area contributed by atoms with Crippen LogP contribution < -0.4 is 5.73 Å². The van der Waals surface area contributed by atoms with E-state index in [0.29, 0.717) is 39.2 Å². The average Bonchev–Trinajstić information content (AvgIpc) is 2.89. The highest BCUT2D eigenvalue weighted by Crippen LogP contribution is 2.36. The first-order valence-corrected chi connectivity index (χ1v) is 9.14. The first kappa shape index (κ1) is 19.3. The lowest BCUT2D eigenvalue weighted by Crippen LogP contribution is -2.22. The fraction of sp³-hybridized carbons (Fsp3) is 0.200. The number of primary amides is 1. The Morgan fingerprint density at radius 1 is 1.15 bits per heavy atom. The summed E-state index contributed by atoms with van der Waals surface area (Å²) in [4.78, 5) is 25.2. The molecule has 3 N–H and O–H groups in total. The van der Waals surface area contributed by atoms with Crippen LogP contribution in [0.4, 0.5) is 0 Å². The molecule has 0 spiro atoms. The molecule has 1 amide bonds. The van der Waals surface area contributed by atoms with E-state index < -0.39 is 11.8 Å². The molecule has 140 valence electrons. The molecular weight excluding hydrogens is 387 g/mol. The standard InChI is InChI=1S/C20H18Cl2N2O3/c1-3-13(19(23)26)18-10(2)24(17-7-5-12(25)9-14(17)18)20(27)11-4-6-15(21)16(22)8-11/h4-9,13,25H,3H2,1-2H3,(H2,23,26). The van der Waals surface area contributed by atoms with Crippen LogP contribution in [0.3, 0.4) is 0 Å². The van der Waals surface area contributed by atoms with E-state index in [9.17, 15) is 14.7 Å². The second kappa shape index (κ2) is 7.25. The number of amides is 1. The molecule has 7 heteroatoms. The van der Waals surface area contributed by atoms with E-state index in [1.807, 2.05) is 6.92 Å². The van der Waals surface area contributed by atoms with Gasteiger partial charge in [-0.25, -0.2) is 0 Å². The Morgan fingerprint density at radius 2 is 1.85 bits per heavy atom. The van der Waals surface area contributed by atoms with E-state index in [4.69, 9.17) is 28.9 Å². The van der Waals surface area contributed by atoms with Crippen LogP contribution in [0.5, 0.6) is 5.75 Å². The summed E-state index contributed by atoms with van der Waals surface area (Å²) in [6, 6.07) is 9.33. The number of nitrogens with zero attached hydrogens (tertiary/aromatic N) is 1. The Bertz CT molecular complexity index is 1070. The number of aromatic nitrogens is 1. The lowest BCUT2D eigenvalue weighted by molar-refractivity contribution is -0.119. The zero-order valence-corrected chi connectivity index (χ0v) is 16.3. The number of halogens is 2. The SMILES string of the molecule is CCC(C(N)=O)c1c(C)n(C(=O)c2ccc(Cl)c(Cl)c2)c2ccc(O)cc12. The van der Waals surface area contributed by atoms with E-state index in [1.54, 1.807) is 31.2 Å². The third-order valence-corrected chi connectivity index (χ3v) is 5.45. The van der Waals surface area contributed by atoms with Gasteiger partial charge in [0.15, 0.2) is 0 Å². The number of hydrogen-bond donors (Lipinski definition) is 2. The van der Waals surface area contributed by atoms with Gasteiger partial charge >= 0.3 is 0 Å². The summed E-state index contributed by atoms with van der Waals surface area (Å²) < 4.78 is 1.51. The van der Waals surface area contributed by atoms with Crippen molar-refractivity contribution in [2.45, 2.75) is 26.2 Å². The fourth-order valence-corrected chi connectivity index (χ4v) is 3.74. The van der Waals surface area contributed by atoms with E-state index in [2.05, 4.69) is 0 Å². The largest absolute Gasteiger partial charge is 0.508 e. The third-order valence-electron chi connectivity index (χ3n) is 4.71. The monoisotopic (exact) mass is 404 g/mol. The predicted octanol–water partition coefficient (Wildman–Crippen LogP) is 4.63. The number of carbonyl (C=O) groups excluding carboxylic acids is 2. The molecule has 0 saturated heterocycles. The summed E-state index contributed by atoms with van der Waals surface area (Å²) >= 11 is 12.0. The highest BCUT2D eigenvalue weighted by atomic mass is 35.5. The second-order valence-electron chi connectivity index (χ2n) is 6.33. The van der Waals surface area contributed by atoms with E-state index >= 15 is 0 Å². The number of rotatable bonds is 4. The number of fused-ring (bicyclic) bond motifs is 1. The number of phenols is 1. The molecule has 27 heavy (non-hydrogen) atoms. The molecule has 5 nitrogen and oxygen atoms in total. The number of benzene rings is 2. The summed E-state index contributed by atoms with van der Waals surface area (Å²) in [5.41, 5.74) is 7.76. The van der Waals surface area contributed by atoms with E-state index in [-0.39, 0.29) is 16.7 Å². The van der Waals surface area contributed by atoms with Gasteiger partial charge in [-0.3, -0.25) is 14.2 Å². The average molecular weight is 405 g/mol. The van der Waals surface area contributed by atoms with Gasteiger partial charge in [0.05, 0.1) is 21.5 Å². The van der Waals surface area contributed by atoms with Crippen LogP contribution >= 0.6 is 23.2 Å². The number of hydrogen-bond acceptors (Lipinski definition) is 3. The minimum atomic E-state index is -0.572. The molecule has 1 unspecified atom stereocenters. The highest BCUT2D eigenvalue weighted by molar-refractivity contribution is 6.42. The Hall–Kier alpha value is -2.50. The Kier molecular flexibility index (Phi) is 5.18. The number of nitrogens with two attached hydrogens (primary N) is 1. The molecule has 1 atom stereocenters. The summed E-state index contributed by atoms with van der Waals surface area (Å²) in [6.45, 7) is 3.61. The molecule has 0 aliphatic heterocycles. The smallest absolute Gasteiger partial charge is 0.262 e. The van der Waals surface area contributed by atoms with Crippen molar-refractivity contribution >= 4 is 45.9 Å². The minimum Gasteiger partial charge on any atom is -0.508 e. The minimum absolute atomic E-state index is 0.0437. The number of aromatic hydroxyl groups is 1. The maximum absolute atomic E-state index is 13.2. The van der Waals surface area contributed by atoms with Crippen molar-refractivity contribution in [1.82, 2.24) is 4.57 Å². The Balaban J connectivity index is 2.30. The van der Waals surface area contributed by atoms with Crippen molar-refractivity contribution in [3.05, 3.63) is 63.3 Å². The Morgan fingerprint density at radius 3 is 2.44 bits per heavy atom. The Labute approximate surface area is 166 Å². The van der Waals surface area contributed by atoms with Crippen molar-refractivity contribution in [2.24, 2.45) is 5.73 Å². The molecule has 0 aliphatic rings. The van der Waals surface area contributed by atoms with Gasteiger partial charge in [-0.1, -0.05) is 30.1 Å². The van der Waals surface area contributed by atoms with Crippen molar-refractivity contribution in [2.75, 3.05) is 0 Å². The maximum atomic E-state index is 13.2. The fourth-order valence-electron chi connectivity index (χ4n) is 3.44. The molecule has 0 aliphatic carbocycles. The van der Waals surface area contributed by atoms with Gasteiger partial charge in [-0.2, -0.15) is 0 Å². The van der Waals surface area contributed by atoms with Crippen LogP contribution in [-0.4, -0.2) is 21.5 Å². The molecule has 3 aromatic rings. The lowest BCUT2D eigenvalue weighted by Gasteiger charge is -2.13. The third kappa shape index (κ3) is 3.29. The molecule has 0 bridgehead atoms. The summed E-state index contributed by atoms with van der Waals surface area (Å²) in [5, 5.41) is 11.2. The topological polar surface area (TPSA) is 85.3 Å². The molecule has 1 aromatic heterocycles. The van der Waals surface area contributed by atoms with Gasteiger partial charge in [-0.15, -0.1) is 0 Å². The molecule has 0 fully saturated rings.